The van der Waals surface area contributed by atoms with Crippen LogP contribution in [0.25, 0.3) is 77.4 Å². The van der Waals surface area contributed by atoms with Crippen LogP contribution in [0.15, 0.2) is 194 Å². The third-order valence-electron chi connectivity index (χ3n) is 10.1. The summed E-state index contributed by atoms with van der Waals surface area (Å²) in [5, 5.41) is 2.46. The van der Waals surface area contributed by atoms with Crippen molar-refractivity contribution in [3.05, 3.63) is 200 Å². The standard InChI is InChI=1S/C49H34BN/c50-47-32-43(36-16-8-3-9-17-36)22-23-44(47)33-51-48-26-24-41(39-20-10-18-37(28-39)34-12-4-1-5-13-34)30-45(48)46-31-42(25-27-49(46)51)40-21-11-19-38(29-40)35-14-6-2-7-15-35/h1-32H,33H2. The highest BCUT2D eigenvalue weighted by molar-refractivity contribution is 6.33. The first-order valence-electron chi connectivity index (χ1n) is 17.5. The normalized spacial score (nSPS) is 11.3. The lowest BCUT2D eigenvalue weighted by Crippen LogP contribution is -2.14. The molecule has 2 radical (unpaired) electrons. The van der Waals surface area contributed by atoms with E-state index in [9.17, 15) is 0 Å². The van der Waals surface area contributed by atoms with E-state index >= 15 is 0 Å². The molecule has 0 spiro atoms. The second kappa shape index (κ2) is 13.2. The number of benzene rings is 8. The largest absolute Gasteiger partial charge is 0.336 e. The first kappa shape index (κ1) is 30.7. The molecule has 9 aromatic rings. The molecule has 0 aliphatic carbocycles. The van der Waals surface area contributed by atoms with Crippen LogP contribution in [0.1, 0.15) is 5.56 Å². The third-order valence-corrected chi connectivity index (χ3v) is 10.1. The van der Waals surface area contributed by atoms with E-state index in [0.29, 0.717) is 6.54 Å². The minimum absolute atomic E-state index is 0.673. The molecule has 0 saturated carbocycles. The molecule has 0 aliphatic heterocycles. The maximum absolute atomic E-state index is 6.77. The van der Waals surface area contributed by atoms with Gasteiger partial charge < -0.3 is 4.57 Å². The summed E-state index contributed by atoms with van der Waals surface area (Å²) in [5.74, 6) is 0. The van der Waals surface area contributed by atoms with Gasteiger partial charge in [-0.2, -0.15) is 0 Å². The SMILES string of the molecule is [B]c1cc(-c2ccccc2)ccc1Cn1c2ccc(-c3cccc(-c4ccccc4)c3)cc2c2cc(-c3cccc(-c4ccccc4)c3)ccc21. The van der Waals surface area contributed by atoms with E-state index in [1.165, 1.54) is 71.9 Å². The molecule has 0 atom stereocenters. The van der Waals surface area contributed by atoms with Gasteiger partial charge in [0.15, 0.2) is 0 Å². The van der Waals surface area contributed by atoms with Crippen LogP contribution in [0.4, 0.5) is 0 Å². The summed E-state index contributed by atoms with van der Waals surface area (Å²) < 4.78 is 2.42. The van der Waals surface area contributed by atoms with Crippen molar-refractivity contribution < 1.29 is 0 Å². The summed E-state index contributed by atoms with van der Waals surface area (Å²) in [6, 6.07) is 69.6. The summed E-state index contributed by atoms with van der Waals surface area (Å²) in [6.07, 6.45) is 0. The zero-order valence-electron chi connectivity index (χ0n) is 28.2. The van der Waals surface area contributed by atoms with E-state index in [4.69, 9.17) is 7.85 Å². The van der Waals surface area contributed by atoms with Crippen LogP contribution in [-0.4, -0.2) is 12.4 Å². The van der Waals surface area contributed by atoms with Gasteiger partial charge in [0, 0.05) is 28.4 Å². The highest BCUT2D eigenvalue weighted by Crippen LogP contribution is 2.37. The van der Waals surface area contributed by atoms with Crippen molar-refractivity contribution in [3.8, 4) is 55.6 Å². The number of fused-ring (bicyclic) bond motifs is 3. The molecule has 1 heterocycles. The van der Waals surface area contributed by atoms with Crippen molar-refractivity contribution >= 4 is 35.1 Å². The lowest BCUT2D eigenvalue weighted by Gasteiger charge is -2.13. The van der Waals surface area contributed by atoms with Crippen molar-refractivity contribution in [2.75, 3.05) is 0 Å². The van der Waals surface area contributed by atoms with Crippen LogP contribution < -0.4 is 5.46 Å². The molecule has 8 aromatic carbocycles. The maximum Gasteiger partial charge on any atom is 0.114 e. The molecule has 0 amide bonds. The van der Waals surface area contributed by atoms with Gasteiger partial charge in [0.2, 0.25) is 0 Å². The molecule has 0 bridgehead atoms. The van der Waals surface area contributed by atoms with Crippen molar-refractivity contribution in [1.82, 2.24) is 4.57 Å². The van der Waals surface area contributed by atoms with Crippen molar-refractivity contribution in [1.29, 1.82) is 0 Å². The minimum atomic E-state index is 0.673. The molecule has 1 aromatic heterocycles. The number of aromatic nitrogens is 1. The molecular formula is C49H34BN. The third kappa shape index (κ3) is 5.96. The smallest absolute Gasteiger partial charge is 0.114 e. The fourth-order valence-corrected chi connectivity index (χ4v) is 7.37. The molecule has 0 fully saturated rings. The molecule has 0 aliphatic rings. The van der Waals surface area contributed by atoms with Crippen molar-refractivity contribution in [2.45, 2.75) is 6.54 Å². The Kier molecular flexibility index (Phi) is 7.91. The maximum atomic E-state index is 6.77. The highest BCUT2D eigenvalue weighted by Gasteiger charge is 2.15. The topological polar surface area (TPSA) is 4.93 Å². The first-order chi connectivity index (χ1) is 25.2. The zero-order chi connectivity index (χ0) is 34.1. The fourth-order valence-electron chi connectivity index (χ4n) is 7.37. The predicted molar refractivity (Wildman–Crippen MR) is 218 cm³/mol. The highest BCUT2D eigenvalue weighted by atomic mass is 15.0. The van der Waals surface area contributed by atoms with E-state index in [-0.39, 0.29) is 0 Å². The minimum Gasteiger partial charge on any atom is -0.336 e. The Hall–Kier alpha value is -6.38. The Morgan fingerprint density at radius 2 is 0.667 bits per heavy atom. The summed E-state index contributed by atoms with van der Waals surface area (Å²) in [5.41, 5.74) is 16.2. The number of hydrogen-bond acceptors (Lipinski definition) is 0. The van der Waals surface area contributed by atoms with Crippen LogP contribution in [0.2, 0.25) is 0 Å². The van der Waals surface area contributed by atoms with Gasteiger partial charge in [0.05, 0.1) is 0 Å². The monoisotopic (exact) mass is 647 g/mol. The molecule has 0 unspecified atom stereocenters. The molecule has 0 N–H and O–H groups in total. The van der Waals surface area contributed by atoms with E-state index in [1.807, 2.05) is 6.07 Å². The van der Waals surface area contributed by atoms with E-state index in [2.05, 4.69) is 193 Å². The Labute approximate surface area is 300 Å². The average Bonchev–Trinajstić information content (AvgIpc) is 3.51. The zero-order valence-corrected chi connectivity index (χ0v) is 28.2. The van der Waals surface area contributed by atoms with E-state index < -0.39 is 0 Å². The summed E-state index contributed by atoms with van der Waals surface area (Å²) >= 11 is 0. The van der Waals surface area contributed by atoms with Crippen LogP contribution in [0.5, 0.6) is 0 Å². The van der Waals surface area contributed by atoms with Crippen LogP contribution in [-0.2, 0) is 6.54 Å². The number of rotatable bonds is 7. The molecule has 0 saturated heterocycles. The Morgan fingerprint density at radius 1 is 0.314 bits per heavy atom. The Bertz CT molecular complexity index is 2510. The van der Waals surface area contributed by atoms with Gasteiger partial charge in [-0.05, 0) is 97.6 Å². The average molecular weight is 648 g/mol. The van der Waals surface area contributed by atoms with Gasteiger partial charge in [-0.1, -0.05) is 163 Å². The van der Waals surface area contributed by atoms with E-state index in [1.54, 1.807) is 0 Å². The van der Waals surface area contributed by atoms with E-state index in [0.717, 1.165) is 16.6 Å². The van der Waals surface area contributed by atoms with Crippen LogP contribution in [0, 0.1) is 0 Å². The number of hydrogen-bond donors (Lipinski definition) is 0. The van der Waals surface area contributed by atoms with Gasteiger partial charge in [-0.25, -0.2) is 0 Å². The molecule has 2 heteroatoms. The first-order valence-corrected chi connectivity index (χ1v) is 17.5. The quantitative estimate of drug-likeness (QED) is 0.152. The fraction of sp³-hybridized carbons (Fsp3) is 0.0204. The van der Waals surface area contributed by atoms with Gasteiger partial charge in [0.25, 0.3) is 0 Å². The predicted octanol–water partition coefficient (Wildman–Crippen LogP) is 12.0. The molecule has 9 rings (SSSR count). The van der Waals surface area contributed by atoms with Gasteiger partial charge in [-0.3, -0.25) is 0 Å². The Balaban J connectivity index is 1.18. The molecular weight excluding hydrogens is 613 g/mol. The molecule has 1 nitrogen and oxygen atoms in total. The second-order valence-corrected chi connectivity index (χ2v) is 13.2. The Morgan fingerprint density at radius 3 is 1.10 bits per heavy atom. The summed E-state index contributed by atoms with van der Waals surface area (Å²) in [4.78, 5) is 0. The van der Waals surface area contributed by atoms with Crippen molar-refractivity contribution in [2.24, 2.45) is 0 Å². The van der Waals surface area contributed by atoms with Gasteiger partial charge in [0.1, 0.15) is 7.85 Å². The molecule has 238 valence electrons. The van der Waals surface area contributed by atoms with Gasteiger partial charge in [-0.15, -0.1) is 0 Å². The lowest BCUT2D eigenvalue weighted by atomic mass is 9.87. The second-order valence-electron chi connectivity index (χ2n) is 13.2. The van der Waals surface area contributed by atoms with Gasteiger partial charge >= 0.3 is 0 Å². The molecule has 51 heavy (non-hydrogen) atoms. The number of nitrogens with zero attached hydrogens (tertiary/aromatic N) is 1. The summed E-state index contributed by atoms with van der Waals surface area (Å²) in [6.45, 7) is 0.673. The van der Waals surface area contributed by atoms with Crippen LogP contribution >= 0.6 is 0 Å². The van der Waals surface area contributed by atoms with Crippen molar-refractivity contribution in [3.63, 3.8) is 0 Å². The van der Waals surface area contributed by atoms with Crippen LogP contribution in [0.3, 0.4) is 0 Å². The lowest BCUT2D eigenvalue weighted by molar-refractivity contribution is 0.874. The summed E-state index contributed by atoms with van der Waals surface area (Å²) in [7, 11) is 6.77.